The van der Waals surface area contributed by atoms with E-state index in [4.69, 9.17) is 16.2 Å². The fourth-order valence-electron chi connectivity index (χ4n) is 2.27. The number of ether oxygens (including phenoxy) is 1. The van der Waals surface area contributed by atoms with Crippen molar-refractivity contribution >= 4 is 17.8 Å². The molecule has 6 N–H and O–H groups in total. The number of carbonyl (C=O) groups is 2. The van der Waals surface area contributed by atoms with Gasteiger partial charge >= 0.3 is 5.97 Å². The minimum absolute atomic E-state index is 0.0696. The third-order valence-electron chi connectivity index (χ3n) is 3.98. The van der Waals surface area contributed by atoms with E-state index in [-0.39, 0.29) is 31.4 Å². The lowest BCUT2D eigenvalue weighted by Crippen LogP contribution is -2.50. The van der Waals surface area contributed by atoms with Gasteiger partial charge in [0, 0.05) is 6.54 Å². The second-order valence-electron chi connectivity index (χ2n) is 6.70. The quantitative estimate of drug-likeness (QED) is 0.0993. The number of esters is 1. The average molecular weight is 408 g/mol. The molecule has 0 aliphatic heterocycles. The van der Waals surface area contributed by atoms with Crippen LogP contribution in [0.5, 0.6) is 0 Å². The monoisotopic (exact) mass is 408 g/mol. The summed E-state index contributed by atoms with van der Waals surface area (Å²) in [5.74, 6) is -1.50. The minimum atomic E-state index is -0.920. The Bertz CT molecular complexity index is 710. The van der Waals surface area contributed by atoms with Crippen molar-refractivity contribution < 1.29 is 19.4 Å². The highest BCUT2D eigenvalue weighted by Crippen LogP contribution is 2.07. The molecule has 1 aromatic rings. The van der Waals surface area contributed by atoms with Gasteiger partial charge in [-0.15, -0.1) is 0 Å². The van der Waals surface area contributed by atoms with E-state index in [1.165, 1.54) is 0 Å². The Morgan fingerprint density at radius 1 is 1.28 bits per heavy atom. The SMILES string of the molecule is CC(C)[C@H](N)C(=O)N[C@@H](CCCN=C(N)N[N+](=O)[O-])C(=O)OCc1ccccc1. The topological polar surface area (TPSA) is 175 Å². The first-order chi connectivity index (χ1) is 13.7. The molecule has 2 atom stereocenters. The highest BCUT2D eigenvalue weighted by atomic mass is 16.7. The summed E-state index contributed by atoms with van der Waals surface area (Å²) in [5, 5.41) is 12.1. The Balaban J connectivity index is 2.67. The van der Waals surface area contributed by atoms with Crippen LogP contribution in [0.25, 0.3) is 0 Å². The number of guanidine groups is 1. The summed E-state index contributed by atoms with van der Waals surface area (Å²) < 4.78 is 5.31. The Labute approximate surface area is 169 Å². The first kappa shape index (κ1) is 23.8. The van der Waals surface area contributed by atoms with Gasteiger partial charge < -0.3 is 21.5 Å². The third-order valence-corrected chi connectivity index (χ3v) is 3.98. The fourth-order valence-corrected chi connectivity index (χ4v) is 2.27. The van der Waals surface area contributed by atoms with Crippen LogP contribution in [0.15, 0.2) is 35.3 Å². The molecule has 0 aromatic heterocycles. The highest BCUT2D eigenvalue weighted by Gasteiger charge is 2.26. The predicted molar refractivity (Wildman–Crippen MR) is 107 cm³/mol. The normalized spacial score (nSPS) is 13.4. The molecule has 0 unspecified atom stereocenters. The number of hydrazine groups is 1. The Morgan fingerprint density at radius 3 is 2.52 bits per heavy atom. The van der Waals surface area contributed by atoms with Gasteiger partial charge in [-0.25, -0.2) is 19.9 Å². The zero-order valence-corrected chi connectivity index (χ0v) is 16.5. The second-order valence-corrected chi connectivity index (χ2v) is 6.70. The van der Waals surface area contributed by atoms with Crippen molar-refractivity contribution in [3.63, 3.8) is 0 Å². The molecule has 1 aromatic carbocycles. The number of nitro groups is 1. The Kier molecular flexibility index (Phi) is 10.1. The second kappa shape index (κ2) is 12.3. The van der Waals surface area contributed by atoms with E-state index in [0.717, 1.165) is 5.56 Å². The van der Waals surface area contributed by atoms with Crippen molar-refractivity contribution in [1.29, 1.82) is 0 Å². The van der Waals surface area contributed by atoms with E-state index < -0.39 is 29.0 Å². The molecule has 0 saturated heterocycles. The fraction of sp³-hybridized carbons (Fsp3) is 0.500. The number of benzene rings is 1. The van der Waals surface area contributed by atoms with Gasteiger partial charge in [0.25, 0.3) is 5.96 Å². The maximum absolute atomic E-state index is 12.5. The van der Waals surface area contributed by atoms with Crippen LogP contribution in [-0.2, 0) is 20.9 Å². The number of hydrogen-bond acceptors (Lipinski definition) is 7. The molecule has 1 amide bonds. The number of hydrogen-bond donors (Lipinski definition) is 4. The van der Waals surface area contributed by atoms with Gasteiger partial charge in [0.05, 0.1) is 6.04 Å². The number of nitrogens with one attached hydrogen (secondary N) is 2. The van der Waals surface area contributed by atoms with Crippen LogP contribution in [0.3, 0.4) is 0 Å². The Morgan fingerprint density at radius 2 is 1.93 bits per heavy atom. The molecule has 29 heavy (non-hydrogen) atoms. The highest BCUT2D eigenvalue weighted by molar-refractivity contribution is 5.87. The maximum Gasteiger partial charge on any atom is 0.328 e. The van der Waals surface area contributed by atoms with Gasteiger partial charge in [-0.05, 0) is 24.3 Å². The lowest BCUT2D eigenvalue weighted by atomic mass is 10.0. The molecule has 0 aliphatic rings. The predicted octanol–water partition coefficient (Wildman–Crippen LogP) is 0.0741. The molecule has 0 fully saturated rings. The molecule has 0 spiro atoms. The zero-order valence-electron chi connectivity index (χ0n) is 16.5. The van der Waals surface area contributed by atoms with Crippen molar-refractivity contribution in [3.8, 4) is 0 Å². The first-order valence-corrected chi connectivity index (χ1v) is 9.18. The van der Waals surface area contributed by atoms with Crippen molar-refractivity contribution in [2.45, 2.75) is 45.4 Å². The smallest absolute Gasteiger partial charge is 0.328 e. The largest absolute Gasteiger partial charge is 0.459 e. The zero-order chi connectivity index (χ0) is 21.8. The summed E-state index contributed by atoms with van der Waals surface area (Å²) in [4.78, 5) is 38.8. The molecule has 0 radical (unpaired) electrons. The number of aliphatic imine (C=N–C) groups is 1. The Hall–Kier alpha value is -3.21. The lowest BCUT2D eigenvalue weighted by molar-refractivity contribution is -0.525. The molecule has 11 heteroatoms. The number of rotatable bonds is 11. The molecule has 11 nitrogen and oxygen atoms in total. The average Bonchev–Trinajstić information content (AvgIpc) is 2.67. The van der Waals surface area contributed by atoms with Gasteiger partial charge in [0.1, 0.15) is 12.6 Å². The maximum atomic E-state index is 12.5. The van der Waals surface area contributed by atoms with Crippen LogP contribution in [0.1, 0.15) is 32.3 Å². The molecule has 0 heterocycles. The van der Waals surface area contributed by atoms with Gasteiger partial charge in [0.15, 0.2) is 5.03 Å². The van der Waals surface area contributed by atoms with Crippen LogP contribution in [0, 0.1) is 16.0 Å². The summed E-state index contributed by atoms with van der Waals surface area (Å²) in [7, 11) is 0. The molecular formula is C18H28N6O5. The summed E-state index contributed by atoms with van der Waals surface area (Å²) >= 11 is 0. The van der Waals surface area contributed by atoms with Crippen molar-refractivity contribution in [2.24, 2.45) is 22.4 Å². The van der Waals surface area contributed by atoms with Crippen molar-refractivity contribution in [2.75, 3.05) is 6.54 Å². The molecule has 0 bridgehead atoms. The standard InChI is InChI=1S/C18H28N6O5/c1-12(2)15(19)16(25)22-14(9-6-10-21-18(20)23-24(27)28)17(26)29-11-13-7-4-3-5-8-13/h3-5,7-8,12,14-15H,6,9-11,19H2,1-2H3,(H,22,25)(H3,20,21,23)/t14-,15-/m0/s1. The summed E-state index contributed by atoms with van der Waals surface area (Å²) in [6, 6.07) is 7.44. The van der Waals surface area contributed by atoms with Crippen LogP contribution in [0.2, 0.25) is 0 Å². The molecular weight excluding hydrogens is 380 g/mol. The van der Waals surface area contributed by atoms with Crippen LogP contribution < -0.4 is 22.2 Å². The molecule has 1 rings (SSSR count). The van der Waals surface area contributed by atoms with Gasteiger partial charge in [-0.2, -0.15) is 0 Å². The number of amides is 1. The molecule has 160 valence electrons. The lowest BCUT2D eigenvalue weighted by Gasteiger charge is -2.21. The summed E-state index contributed by atoms with van der Waals surface area (Å²) in [6.07, 6.45) is 0.543. The minimum Gasteiger partial charge on any atom is -0.459 e. The number of carbonyl (C=O) groups excluding carboxylic acids is 2. The summed E-state index contributed by atoms with van der Waals surface area (Å²) in [6.45, 7) is 3.79. The van der Waals surface area contributed by atoms with Crippen molar-refractivity contribution in [3.05, 3.63) is 46.0 Å². The van der Waals surface area contributed by atoms with E-state index in [1.807, 2.05) is 30.3 Å². The third kappa shape index (κ3) is 9.51. The number of nitrogens with two attached hydrogens (primary N) is 2. The molecule has 0 saturated carbocycles. The van der Waals surface area contributed by atoms with E-state index in [0.29, 0.717) is 6.42 Å². The number of nitrogens with zero attached hydrogens (tertiary/aromatic N) is 2. The molecule has 0 aliphatic carbocycles. The van der Waals surface area contributed by atoms with E-state index >= 15 is 0 Å². The van der Waals surface area contributed by atoms with E-state index in [1.54, 1.807) is 19.3 Å². The van der Waals surface area contributed by atoms with E-state index in [2.05, 4.69) is 10.3 Å². The van der Waals surface area contributed by atoms with E-state index in [9.17, 15) is 19.7 Å². The summed E-state index contributed by atoms with van der Waals surface area (Å²) in [5.41, 5.74) is 13.7. The van der Waals surface area contributed by atoms with Gasteiger partial charge in [-0.3, -0.25) is 4.79 Å². The van der Waals surface area contributed by atoms with Gasteiger partial charge in [-0.1, -0.05) is 49.6 Å². The first-order valence-electron chi connectivity index (χ1n) is 9.18. The van der Waals surface area contributed by atoms with Crippen LogP contribution in [0.4, 0.5) is 0 Å². The van der Waals surface area contributed by atoms with Crippen LogP contribution >= 0.6 is 0 Å². The van der Waals surface area contributed by atoms with Gasteiger partial charge in [0.2, 0.25) is 5.91 Å². The van der Waals surface area contributed by atoms with Crippen molar-refractivity contribution in [1.82, 2.24) is 10.7 Å². The van der Waals surface area contributed by atoms with Crippen LogP contribution in [-0.4, -0.2) is 41.5 Å².